The third kappa shape index (κ3) is 2.40. The summed E-state index contributed by atoms with van der Waals surface area (Å²) < 4.78 is 61.8. The van der Waals surface area contributed by atoms with Gasteiger partial charge in [0.25, 0.3) is 20.2 Å². The summed E-state index contributed by atoms with van der Waals surface area (Å²) in [4.78, 5) is -1.60. The van der Waals surface area contributed by atoms with Crippen LogP contribution >= 0.6 is 0 Å². The molecular weight excluding hydrogens is 256 g/mol. The van der Waals surface area contributed by atoms with Gasteiger partial charge in [0.05, 0.1) is 0 Å². The van der Waals surface area contributed by atoms with Crippen LogP contribution in [0, 0.1) is 13.8 Å². The third-order valence-electron chi connectivity index (χ3n) is 2.18. The molecule has 0 bridgehead atoms. The molecule has 0 unspecified atom stereocenters. The molecule has 2 N–H and O–H groups in total. The average molecular weight is 266 g/mol. The highest BCUT2D eigenvalue weighted by Crippen LogP contribution is 2.26. The molecule has 0 atom stereocenters. The van der Waals surface area contributed by atoms with E-state index < -0.39 is 30.0 Å². The topological polar surface area (TPSA) is 109 Å². The number of aryl methyl sites for hydroxylation is 1. The van der Waals surface area contributed by atoms with Gasteiger partial charge in [-0.25, -0.2) is 0 Å². The van der Waals surface area contributed by atoms with Crippen molar-refractivity contribution in [3.05, 3.63) is 23.3 Å². The van der Waals surface area contributed by atoms with E-state index in [4.69, 9.17) is 9.11 Å². The van der Waals surface area contributed by atoms with Gasteiger partial charge >= 0.3 is 0 Å². The molecule has 0 spiro atoms. The summed E-state index contributed by atoms with van der Waals surface area (Å²) in [5.74, 6) is 0. The van der Waals surface area contributed by atoms with E-state index in [2.05, 4.69) is 0 Å². The lowest BCUT2D eigenvalue weighted by Crippen LogP contribution is -2.11. The Balaban J connectivity index is 3.88. The van der Waals surface area contributed by atoms with Gasteiger partial charge in [-0.15, -0.1) is 0 Å². The molecule has 0 saturated heterocycles. The molecule has 0 heterocycles. The predicted octanol–water partition coefficient (Wildman–Crippen LogP) is 0.797. The smallest absolute Gasteiger partial charge is 0.282 e. The summed E-state index contributed by atoms with van der Waals surface area (Å²) in [6.07, 6.45) is 0. The van der Waals surface area contributed by atoms with Crippen molar-refractivity contribution in [2.24, 2.45) is 0 Å². The Hall–Kier alpha value is -0.960. The zero-order valence-electron chi connectivity index (χ0n) is 8.50. The minimum Gasteiger partial charge on any atom is -0.282 e. The van der Waals surface area contributed by atoms with Crippen LogP contribution in [0.1, 0.15) is 11.1 Å². The van der Waals surface area contributed by atoms with Crippen molar-refractivity contribution >= 4 is 20.2 Å². The highest BCUT2D eigenvalue weighted by molar-refractivity contribution is 7.89. The molecular formula is C8H10O6S2. The number of rotatable bonds is 2. The molecule has 0 radical (unpaired) electrons. The van der Waals surface area contributed by atoms with Crippen molar-refractivity contribution < 1.29 is 25.9 Å². The van der Waals surface area contributed by atoms with Crippen LogP contribution in [-0.2, 0) is 20.2 Å². The Labute approximate surface area is 93.4 Å². The second-order valence-corrected chi connectivity index (χ2v) is 6.03. The maximum Gasteiger partial charge on any atom is 0.296 e. The molecule has 90 valence electrons. The van der Waals surface area contributed by atoms with E-state index in [0.717, 1.165) is 6.07 Å². The van der Waals surface area contributed by atoms with Crippen molar-refractivity contribution in [1.29, 1.82) is 0 Å². The molecule has 0 fully saturated rings. The molecule has 0 amide bonds. The van der Waals surface area contributed by atoms with Crippen LogP contribution in [0.15, 0.2) is 21.9 Å². The zero-order chi connectivity index (χ0) is 12.7. The Kier molecular flexibility index (Phi) is 3.12. The van der Waals surface area contributed by atoms with Crippen LogP contribution in [0.2, 0.25) is 0 Å². The van der Waals surface area contributed by atoms with Crippen LogP contribution < -0.4 is 0 Å². The number of hydrogen-bond acceptors (Lipinski definition) is 4. The highest BCUT2D eigenvalue weighted by atomic mass is 32.2. The molecule has 1 aromatic carbocycles. The Morgan fingerprint density at radius 1 is 0.938 bits per heavy atom. The van der Waals surface area contributed by atoms with E-state index in [1.54, 1.807) is 6.92 Å². The molecule has 1 rings (SSSR count). The fraction of sp³-hybridized carbons (Fsp3) is 0.250. The van der Waals surface area contributed by atoms with E-state index in [-0.39, 0.29) is 5.56 Å². The van der Waals surface area contributed by atoms with Crippen LogP contribution in [0.25, 0.3) is 0 Å². The van der Waals surface area contributed by atoms with Crippen molar-refractivity contribution in [3.63, 3.8) is 0 Å². The first-order chi connectivity index (χ1) is 7.05. The average Bonchev–Trinajstić information content (AvgIpc) is 2.05. The first kappa shape index (κ1) is 13.1. The molecule has 0 aliphatic rings. The molecule has 16 heavy (non-hydrogen) atoms. The van der Waals surface area contributed by atoms with Crippen molar-refractivity contribution in [3.8, 4) is 0 Å². The first-order valence-corrected chi connectivity index (χ1v) is 6.98. The SMILES string of the molecule is Cc1ccc(S(=O)(=O)O)c(S(=O)(=O)O)c1C. The van der Waals surface area contributed by atoms with Crippen molar-refractivity contribution in [1.82, 2.24) is 0 Å². The van der Waals surface area contributed by atoms with E-state index >= 15 is 0 Å². The van der Waals surface area contributed by atoms with Gasteiger partial charge in [0.2, 0.25) is 0 Å². The van der Waals surface area contributed by atoms with Gasteiger partial charge in [-0.1, -0.05) is 6.07 Å². The van der Waals surface area contributed by atoms with Crippen molar-refractivity contribution in [2.45, 2.75) is 23.6 Å². The summed E-state index contributed by atoms with van der Waals surface area (Å²) in [7, 11) is -9.40. The minimum absolute atomic E-state index is 0.0811. The van der Waals surface area contributed by atoms with Crippen LogP contribution in [0.3, 0.4) is 0 Å². The first-order valence-electron chi connectivity index (χ1n) is 4.10. The molecule has 8 heteroatoms. The fourth-order valence-electron chi connectivity index (χ4n) is 1.29. The maximum atomic E-state index is 11.1. The molecule has 0 aromatic heterocycles. The van der Waals surface area contributed by atoms with Crippen LogP contribution in [-0.4, -0.2) is 25.9 Å². The number of benzene rings is 1. The predicted molar refractivity (Wildman–Crippen MR) is 55.5 cm³/mol. The normalized spacial score (nSPS) is 12.8. The van der Waals surface area contributed by atoms with Gasteiger partial charge in [-0.2, -0.15) is 16.8 Å². The summed E-state index contributed by atoms with van der Waals surface area (Å²) >= 11 is 0. The lowest BCUT2D eigenvalue weighted by atomic mass is 10.1. The van der Waals surface area contributed by atoms with E-state index in [1.807, 2.05) is 0 Å². The van der Waals surface area contributed by atoms with Gasteiger partial charge in [0, 0.05) is 0 Å². The summed E-state index contributed by atoms with van der Waals surface area (Å²) in [5, 5.41) is 0. The van der Waals surface area contributed by atoms with Gasteiger partial charge in [0.15, 0.2) is 0 Å². The van der Waals surface area contributed by atoms with Crippen molar-refractivity contribution in [2.75, 3.05) is 0 Å². The third-order valence-corrected chi connectivity index (χ3v) is 4.24. The van der Waals surface area contributed by atoms with E-state index in [0.29, 0.717) is 5.56 Å². The monoisotopic (exact) mass is 266 g/mol. The second kappa shape index (κ2) is 3.81. The number of hydrogen-bond donors (Lipinski definition) is 2. The quantitative estimate of drug-likeness (QED) is 0.766. The minimum atomic E-state index is -4.71. The maximum absolute atomic E-state index is 11.1. The lowest BCUT2D eigenvalue weighted by molar-refractivity contribution is 0.465. The summed E-state index contributed by atoms with van der Waals surface area (Å²) in [5.41, 5.74) is 0.567. The fourth-order valence-corrected chi connectivity index (χ4v) is 3.42. The molecule has 0 saturated carbocycles. The lowest BCUT2D eigenvalue weighted by Gasteiger charge is -2.09. The summed E-state index contributed by atoms with van der Waals surface area (Å²) in [6.45, 7) is 2.89. The molecule has 1 aromatic rings. The largest absolute Gasteiger partial charge is 0.296 e. The van der Waals surface area contributed by atoms with Gasteiger partial charge in [-0.3, -0.25) is 9.11 Å². The Morgan fingerprint density at radius 2 is 1.44 bits per heavy atom. The van der Waals surface area contributed by atoms with E-state index in [9.17, 15) is 16.8 Å². The standard InChI is InChI=1S/C8H10O6S2/c1-5-3-4-7(15(9,10)11)8(6(5)2)16(12,13)14/h3-4H,1-2H3,(H,9,10,11)(H,12,13,14). The molecule has 0 aliphatic carbocycles. The van der Waals surface area contributed by atoms with Gasteiger partial charge in [0.1, 0.15) is 9.79 Å². The highest BCUT2D eigenvalue weighted by Gasteiger charge is 2.26. The van der Waals surface area contributed by atoms with Gasteiger partial charge < -0.3 is 0 Å². The Morgan fingerprint density at radius 3 is 1.81 bits per heavy atom. The van der Waals surface area contributed by atoms with Gasteiger partial charge in [-0.05, 0) is 31.0 Å². The zero-order valence-corrected chi connectivity index (χ0v) is 10.1. The molecule has 0 aliphatic heterocycles. The molecule has 6 nitrogen and oxygen atoms in total. The Bertz CT molecular complexity index is 627. The van der Waals surface area contributed by atoms with Crippen LogP contribution in [0.5, 0.6) is 0 Å². The second-order valence-electron chi connectivity index (χ2n) is 3.28. The van der Waals surface area contributed by atoms with Crippen LogP contribution in [0.4, 0.5) is 0 Å². The summed E-state index contributed by atoms with van der Waals surface area (Å²) in [6, 6.07) is 2.27. The van der Waals surface area contributed by atoms with E-state index in [1.165, 1.54) is 13.0 Å².